The van der Waals surface area contributed by atoms with Crippen molar-refractivity contribution in [2.75, 3.05) is 51.2 Å². The number of nitrogens with one attached hydrogen (secondary N) is 3. The highest BCUT2D eigenvalue weighted by Crippen LogP contribution is 2.35. The molecule has 44 heavy (non-hydrogen) atoms. The number of nitrogens with zero attached hydrogens (tertiary/aromatic N) is 1. The van der Waals surface area contributed by atoms with E-state index in [-0.39, 0.29) is 16.2 Å². The lowest BCUT2D eigenvalue weighted by atomic mass is 9.87. The van der Waals surface area contributed by atoms with Gasteiger partial charge >= 0.3 is 5.97 Å². The summed E-state index contributed by atoms with van der Waals surface area (Å²) in [6, 6.07) is 18.7. The molecule has 3 aromatic carbocycles. The van der Waals surface area contributed by atoms with Gasteiger partial charge in [-0.05, 0) is 59.0 Å². The van der Waals surface area contributed by atoms with Gasteiger partial charge in [0.1, 0.15) is 5.69 Å². The van der Waals surface area contributed by atoms with Crippen LogP contribution >= 0.6 is 0 Å². The second-order valence-corrected chi connectivity index (χ2v) is 13.5. The van der Waals surface area contributed by atoms with E-state index in [1.54, 1.807) is 54.6 Å². The highest BCUT2D eigenvalue weighted by molar-refractivity contribution is 7.92. The molecule has 0 atom stereocenters. The third kappa shape index (κ3) is 6.96. The van der Waals surface area contributed by atoms with E-state index in [2.05, 4.69) is 40.7 Å². The zero-order valence-corrected chi connectivity index (χ0v) is 26.2. The van der Waals surface area contributed by atoms with Gasteiger partial charge in [0.05, 0.1) is 30.8 Å². The van der Waals surface area contributed by atoms with Crippen LogP contribution in [-0.4, -0.2) is 76.7 Å². The number of H-pyrrole nitrogens is 1. The number of anilines is 1. The molecular weight excluding hydrogens is 580 g/mol. The molecule has 0 saturated carbocycles. The van der Waals surface area contributed by atoms with Crippen LogP contribution < -0.4 is 10.0 Å². The van der Waals surface area contributed by atoms with Gasteiger partial charge in [-0.3, -0.25) is 14.4 Å². The van der Waals surface area contributed by atoms with Gasteiger partial charge < -0.3 is 19.8 Å². The first-order valence-electron chi connectivity index (χ1n) is 14.5. The molecule has 1 amide bonds. The first-order chi connectivity index (χ1) is 21.0. The lowest BCUT2D eigenvalue weighted by Crippen LogP contribution is -2.41. The summed E-state index contributed by atoms with van der Waals surface area (Å²) < 4.78 is 39.6. The van der Waals surface area contributed by atoms with E-state index in [1.807, 2.05) is 12.1 Å². The van der Waals surface area contributed by atoms with E-state index < -0.39 is 16.0 Å². The number of carbonyl (C=O) groups is 2. The number of methoxy groups -OCH3 is 1. The molecule has 0 aliphatic carbocycles. The van der Waals surface area contributed by atoms with Crippen LogP contribution in [0.15, 0.2) is 71.6 Å². The van der Waals surface area contributed by atoms with Gasteiger partial charge in [-0.25, -0.2) is 13.2 Å². The van der Waals surface area contributed by atoms with Crippen molar-refractivity contribution in [2.24, 2.45) is 0 Å². The van der Waals surface area contributed by atoms with E-state index in [1.165, 1.54) is 7.11 Å². The van der Waals surface area contributed by atoms with Crippen molar-refractivity contribution in [1.29, 1.82) is 0 Å². The number of hydrogen-bond acceptors (Lipinski definition) is 7. The first-order valence-corrected chi connectivity index (χ1v) is 16.0. The number of fused-ring (bicyclic) bond motifs is 1. The molecule has 1 aliphatic heterocycles. The molecule has 1 fully saturated rings. The topological polar surface area (TPSA) is 130 Å². The molecule has 0 spiro atoms. The summed E-state index contributed by atoms with van der Waals surface area (Å²) in [7, 11) is -2.58. The zero-order chi connectivity index (χ0) is 31.5. The van der Waals surface area contributed by atoms with E-state index in [0.29, 0.717) is 65.3 Å². The third-order valence-corrected chi connectivity index (χ3v) is 9.10. The minimum absolute atomic E-state index is 0.108. The van der Waals surface area contributed by atoms with Crippen molar-refractivity contribution in [3.8, 4) is 11.1 Å². The van der Waals surface area contributed by atoms with E-state index >= 15 is 0 Å². The van der Waals surface area contributed by atoms with Crippen LogP contribution in [0.3, 0.4) is 0 Å². The summed E-state index contributed by atoms with van der Waals surface area (Å²) in [6.07, 6.45) is 0. The molecule has 0 radical (unpaired) electrons. The number of ether oxygens (including phenoxy) is 2. The Bertz CT molecular complexity index is 1770. The Morgan fingerprint density at radius 3 is 2.41 bits per heavy atom. The maximum Gasteiger partial charge on any atom is 0.337 e. The maximum atomic E-state index is 13.5. The fourth-order valence-electron chi connectivity index (χ4n) is 5.23. The second-order valence-electron chi connectivity index (χ2n) is 11.8. The number of amides is 1. The van der Waals surface area contributed by atoms with Crippen LogP contribution in [0.2, 0.25) is 0 Å². The highest BCUT2D eigenvalue weighted by atomic mass is 32.2. The fraction of sp³-hybridized carbons (Fsp3) is 0.333. The Kier molecular flexibility index (Phi) is 9.10. The zero-order valence-electron chi connectivity index (χ0n) is 25.4. The average Bonchev–Trinajstić information content (AvgIpc) is 3.39. The molecule has 2 heterocycles. The number of benzene rings is 3. The maximum absolute atomic E-state index is 13.5. The van der Waals surface area contributed by atoms with Gasteiger partial charge in [0.25, 0.3) is 15.9 Å². The van der Waals surface area contributed by atoms with Gasteiger partial charge in [-0.1, -0.05) is 45.0 Å². The normalized spacial score (nSPS) is 14.4. The number of aromatic nitrogens is 1. The predicted molar refractivity (Wildman–Crippen MR) is 171 cm³/mol. The molecule has 0 bridgehead atoms. The number of sulfonamides is 1. The standard InChI is InChI=1S/C33H38N4O6S/c1-33(2,3)24-8-11-26(12-9-24)44(40,41)36-25-10-13-28-27(21-25)29(22-6-5-7-23(20-22)32(39)42-4)30(35-28)31(38)34-14-15-37-16-18-43-19-17-37/h5-13,20-21,35-36H,14-19H2,1-4H3,(H,34,38). The number of hydrogen-bond donors (Lipinski definition) is 3. The summed E-state index contributed by atoms with van der Waals surface area (Å²) in [5.74, 6) is -0.817. The van der Waals surface area contributed by atoms with Gasteiger partial charge in [-0.15, -0.1) is 0 Å². The Hall–Kier alpha value is -4.19. The van der Waals surface area contributed by atoms with Crippen LogP contribution in [0.25, 0.3) is 22.0 Å². The Morgan fingerprint density at radius 2 is 1.73 bits per heavy atom. The summed E-state index contributed by atoms with van der Waals surface area (Å²) in [5, 5.41) is 3.62. The van der Waals surface area contributed by atoms with Crippen molar-refractivity contribution in [1.82, 2.24) is 15.2 Å². The molecule has 4 aromatic rings. The average molecular weight is 619 g/mol. The van der Waals surface area contributed by atoms with Gasteiger partial charge in [0.15, 0.2) is 0 Å². The quantitative estimate of drug-likeness (QED) is 0.230. The van der Waals surface area contributed by atoms with E-state index in [9.17, 15) is 18.0 Å². The summed E-state index contributed by atoms with van der Waals surface area (Å²) in [4.78, 5) is 31.5. The molecule has 1 saturated heterocycles. The lowest BCUT2D eigenvalue weighted by molar-refractivity contribution is 0.0383. The molecule has 10 nitrogen and oxygen atoms in total. The third-order valence-electron chi connectivity index (χ3n) is 7.70. The molecule has 11 heteroatoms. The van der Waals surface area contributed by atoms with E-state index in [4.69, 9.17) is 9.47 Å². The minimum atomic E-state index is -3.89. The highest BCUT2D eigenvalue weighted by Gasteiger charge is 2.23. The molecule has 0 unspecified atom stereocenters. The first kappa shape index (κ1) is 31.2. The van der Waals surface area contributed by atoms with Crippen molar-refractivity contribution < 1.29 is 27.5 Å². The van der Waals surface area contributed by atoms with Gasteiger partial charge in [-0.2, -0.15) is 0 Å². The molecule has 232 valence electrons. The van der Waals surface area contributed by atoms with Crippen LogP contribution in [0.4, 0.5) is 5.69 Å². The SMILES string of the molecule is COC(=O)c1cccc(-c2c(C(=O)NCCN3CCOCC3)[nH]c3ccc(NS(=O)(=O)c4ccc(C(C)(C)C)cc4)cc23)c1. The second kappa shape index (κ2) is 12.8. The van der Waals surface area contributed by atoms with Gasteiger partial charge in [0.2, 0.25) is 0 Å². The minimum Gasteiger partial charge on any atom is -0.465 e. The Labute approximate surface area is 257 Å². The molecule has 1 aliphatic rings. The van der Waals surface area contributed by atoms with Crippen LogP contribution in [0.5, 0.6) is 0 Å². The molecule has 3 N–H and O–H groups in total. The lowest BCUT2D eigenvalue weighted by Gasteiger charge is -2.26. The van der Waals surface area contributed by atoms with Crippen molar-refractivity contribution in [3.05, 3.63) is 83.6 Å². The van der Waals surface area contributed by atoms with Crippen molar-refractivity contribution in [3.63, 3.8) is 0 Å². The van der Waals surface area contributed by atoms with Crippen LogP contribution in [-0.2, 0) is 24.9 Å². The number of carbonyl (C=O) groups excluding carboxylic acids is 2. The van der Waals surface area contributed by atoms with Crippen LogP contribution in [0, 0.1) is 0 Å². The molecule has 1 aromatic heterocycles. The van der Waals surface area contributed by atoms with Crippen molar-refractivity contribution in [2.45, 2.75) is 31.1 Å². The number of rotatable bonds is 9. The predicted octanol–water partition coefficient (Wildman–Crippen LogP) is 4.78. The molecular formula is C33H38N4O6S. The monoisotopic (exact) mass is 618 g/mol. The Morgan fingerprint density at radius 1 is 1.00 bits per heavy atom. The molecule has 5 rings (SSSR count). The smallest absolute Gasteiger partial charge is 0.337 e. The fourth-order valence-corrected chi connectivity index (χ4v) is 6.28. The van der Waals surface area contributed by atoms with Crippen molar-refractivity contribution >= 4 is 38.5 Å². The summed E-state index contributed by atoms with van der Waals surface area (Å²) in [5.41, 5.74) is 3.68. The summed E-state index contributed by atoms with van der Waals surface area (Å²) >= 11 is 0. The van der Waals surface area contributed by atoms with Gasteiger partial charge in [0, 0.05) is 48.3 Å². The van der Waals surface area contributed by atoms with Crippen LogP contribution in [0.1, 0.15) is 47.2 Å². The number of esters is 1. The largest absolute Gasteiger partial charge is 0.465 e. The Balaban J connectivity index is 1.49. The number of morpholine rings is 1. The number of aromatic amines is 1. The van der Waals surface area contributed by atoms with E-state index in [0.717, 1.165) is 18.7 Å². The summed E-state index contributed by atoms with van der Waals surface area (Å²) in [6.45, 7) is 10.3.